The van der Waals surface area contributed by atoms with Crippen LogP contribution in [-0.4, -0.2) is 34.5 Å². The fourth-order valence-electron chi connectivity index (χ4n) is 3.27. The molecule has 3 rings (SSSR count). The lowest BCUT2D eigenvalue weighted by molar-refractivity contribution is 0.223. The molecular weight excluding hydrogens is 300 g/mol. The van der Waals surface area contributed by atoms with Crippen molar-refractivity contribution in [2.24, 2.45) is 0 Å². The third kappa shape index (κ3) is 3.78. The maximum absolute atomic E-state index is 6.02. The standard InChI is InChI=1S/C19H28N4O/c1-4-7-18-20-12-15-13-22(11-10-17(15)21-18)14-16-8-9-19(24-16)23(5-2)6-3/h8-9,12H,4-7,10-11,13-14H2,1-3H3. The van der Waals surface area contributed by atoms with E-state index >= 15 is 0 Å². The van der Waals surface area contributed by atoms with Crippen molar-refractivity contribution in [1.29, 1.82) is 0 Å². The Labute approximate surface area is 144 Å². The minimum absolute atomic E-state index is 0.845. The zero-order chi connectivity index (χ0) is 16.9. The van der Waals surface area contributed by atoms with Crippen LogP contribution in [0.3, 0.4) is 0 Å². The van der Waals surface area contributed by atoms with Crippen molar-refractivity contribution in [3.8, 4) is 0 Å². The number of anilines is 1. The summed E-state index contributed by atoms with van der Waals surface area (Å²) in [6.45, 7) is 11.2. The first kappa shape index (κ1) is 17.0. The molecule has 0 fully saturated rings. The first-order chi connectivity index (χ1) is 11.7. The highest BCUT2D eigenvalue weighted by atomic mass is 16.4. The normalized spacial score (nSPS) is 14.6. The van der Waals surface area contributed by atoms with Gasteiger partial charge in [0.25, 0.3) is 0 Å². The molecular formula is C19H28N4O. The van der Waals surface area contributed by atoms with Crippen molar-refractivity contribution in [2.75, 3.05) is 24.5 Å². The Morgan fingerprint density at radius 2 is 2.04 bits per heavy atom. The fraction of sp³-hybridized carbons (Fsp3) is 0.579. The van der Waals surface area contributed by atoms with Gasteiger partial charge in [-0.1, -0.05) is 6.92 Å². The molecule has 0 N–H and O–H groups in total. The average Bonchev–Trinajstić information content (AvgIpc) is 3.05. The topological polar surface area (TPSA) is 45.4 Å². The van der Waals surface area contributed by atoms with Gasteiger partial charge in [0.15, 0.2) is 5.88 Å². The van der Waals surface area contributed by atoms with Crippen LogP contribution in [0.15, 0.2) is 22.7 Å². The summed E-state index contributed by atoms with van der Waals surface area (Å²) >= 11 is 0. The first-order valence-electron chi connectivity index (χ1n) is 9.13. The second-order valence-corrected chi connectivity index (χ2v) is 6.38. The van der Waals surface area contributed by atoms with Gasteiger partial charge in [-0.05, 0) is 26.3 Å². The highest BCUT2D eigenvalue weighted by Crippen LogP contribution is 2.22. The Bertz CT molecular complexity index is 663. The molecule has 0 unspecified atom stereocenters. The lowest BCUT2D eigenvalue weighted by atomic mass is 10.1. The van der Waals surface area contributed by atoms with Gasteiger partial charge < -0.3 is 9.32 Å². The van der Waals surface area contributed by atoms with E-state index in [0.29, 0.717) is 0 Å². The van der Waals surface area contributed by atoms with Gasteiger partial charge in [0.1, 0.15) is 11.6 Å². The third-order valence-corrected chi connectivity index (χ3v) is 4.64. The van der Waals surface area contributed by atoms with Crippen LogP contribution >= 0.6 is 0 Å². The molecule has 0 bridgehead atoms. The zero-order valence-electron chi connectivity index (χ0n) is 15.1. The SMILES string of the molecule is CCCc1ncc2c(n1)CCN(Cc1ccc(N(CC)CC)o1)C2. The van der Waals surface area contributed by atoms with Crippen molar-refractivity contribution in [2.45, 2.75) is 53.1 Å². The van der Waals surface area contributed by atoms with Crippen molar-refractivity contribution < 1.29 is 4.42 Å². The van der Waals surface area contributed by atoms with E-state index in [-0.39, 0.29) is 0 Å². The fourth-order valence-corrected chi connectivity index (χ4v) is 3.27. The highest BCUT2D eigenvalue weighted by Gasteiger charge is 2.20. The molecule has 0 aliphatic carbocycles. The Kier molecular flexibility index (Phi) is 5.51. The maximum Gasteiger partial charge on any atom is 0.195 e. The third-order valence-electron chi connectivity index (χ3n) is 4.64. The molecule has 2 aromatic heterocycles. The number of rotatable bonds is 7. The summed E-state index contributed by atoms with van der Waals surface area (Å²) in [5.41, 5.74) is 2.49. The van der Waals surface area contributed by atoms with Gasteiger partial charge >= 0.3 is 0 Å². The minimum atomic E-state index is 0.845. The van der Waals surface area contributed by atoms with E-state index in [1.807, 2.05) is 6.20 Å². The number of aryl methyl sites for hydroxylation is 1. The van der Waals surface area contributed by atoms with Crippen LogP contribution in [0, 0.1) is 0 Å². The van der Waals surface area contributed by atoms with Crippen molar-refractivity contribution in [1.82, 2.24) is 14.9 Å². The molecule has 3 heterocycles. The molecule has 1 aliphatic rings. The van der Waals surface area contributed by atoms with Crippen molar-refractivity contribution in [3.05, 3.63) is 41.2 Å². The summed E-state index contributed by atoms with van der Waals surface area (Å²) in [6, 6.07) is 4.18. The van der Waals surface area contributed by atoms with E-state index in [0.717, 1.165) is 69.5 Å². The van der Waals surface area contributed by atoms with E-state index in [1.165, 1.54) is 11.3 Å². The Balaban J connectivity index is 1.64. The van der Waals surface area contributed by atoms with E-state index < -0.39 is 0 Å². The molecule has 24 heavy (non-hydrogen) atoms. The second kappa shape index (κ2) is 7.79. The van der Waals surface area contributed by atoms with Crippen LogP contribution in [0.25, 0.3) is 0 Å². The molecule has 2 aromatic rings. The first-order valence-corrected chi connectivity index (χ1v) is 9.13. The molecule has 0 radical (unpaired) electrons. The molecule has 1 aliphatic heterocycles. The van der Waals surface area contributed by atoms with Gasteiger partial charge in [-0.3, -0.25) is 4.90 Å². The molecule has 0 amide bonds. The number of furan rings is 1. The van der Waals surface area contributed by atoms with Crippen LogP contribution in [0.2, 0.25) is 0 Å². The van der Waals surface area contributed by atoms with Gasteiger partial charge in [-0.25, -0.2) is 9.97 Å². The number of aromatic nitrogens is 2. The second-order valence-electron chi connectivity index (χ2n) is 6.38. The van der Waals surface area contributed by atoms with Crippen LogP contribution in [-0.2, 0) is 25.9 Å². The summed E-state index contributed by atoms with van der Waals surface area (Å²) in [5, 5.41) is 0. The number of hydrogen-bond donors (Lipinski definition) is 0. The van der Waals surface area contributed by atoms with E-state index in [4.69, 9.17) is 9.40 Å². The van der Waals surface area contributed by atoms with Crippen molar-refractivity contribution in [3.63, 3.8) is 0 Å². The maximum atomic E-state index is 6.02. The predicted octanol–water partition coefficient (Wildman–Crippen LogP) is 3.43. The molecule has 0 saturated carbocycles. The lowest BCUT2D eigenvalue weighted by Gasteiger charge is -2.27. The van der Waals surface area contributed by atoms with Gasteiger partial charge in [0, 0.05) is 62.5 Å². The Hall–Kier alpha value is -1.88. The molecule has 0 aromatic carbocycles. The van der Waals surface area contributed by atoms with Crippen LogP contribution < -0.4 is 4.90 Å². The lowest BCUT2D eigenvalue weighted by Crippen LogP contribution is -2.31. The van der Waals surface area contributed by atoms with Gasteiger partial charge in [-0.15, -0.1) is 0 Å². The number of nitrogens with zero attached hydrogens (tertiary/aromatic N) is 4. The largest absolute Gasteiger partial charge is 0.444 e. The minimum Gasteiger partial charge on any atom is -0.444 e. The quantitative estimate of drug-likeness (QED) is 0.779. The Morgan fingerprint density at radius 1 is 1.21 bits per heavy atom. The molecule has 5 nitrogen and oxygen atoms in total. The molecule has 0 atom stereocenters. The summed E-state index contributed by atoms with van der Waals surface area (Å²) < 4.78 is 6.02. The van der Waals surface area contributed by atoms with E-state index in [1.54, 1.807) is 0 Å². The number of hydrogen-bond acceptors (Lipinski definition) is 5. The number of fused-ring (bicyclic) bond motifs is 1. The van der Waals surface area contributed by atoms with Crippen LogP contribution in [0.5, 0.6) is 0 Å². The summed E-state index contributed by atoms with van der Waals surface area (Å²) in [4.78, 5) is 13.9. The molecule has 0 spiro atoms. The predicted molar refractivity (Wildman–Crippen MR) is 96.1 cm³/mol. The van der Waals surface area contributed by atoms with Gasteiger partial charge in [-0.2, -0.15) is 0 Å². The Morgan fingerprint density at radius 3 is 2.79 bits per heavy atom. The zero-order valence-corrected chi connectivity index (χ0v) is 15.1. The van der Waals surface area contributed by atoms with E-state index in [2.05, 4.69) is 47.7 Å². The average molecular weight is 328 g/mol. The van der Waals surface area contributed by atoms with Gasteiger partial charge in [0.05, 0.1) is 6.54 Å². The smallest absolute Gasteiger partial charge is 0.195 e. The molecule has 5 heteroatoms. The van der Waals surface area contributed by atoms with E-state index in [9.17, 15) is 0 Å². The summed E-state index contributed by atoms with van der Waals surface area (Å²) in [7, 11) is 0. The van der Waals surface area contributed by atoms with Crippen molar-refractivity contribution >= 4 is 5.88 Å². The molecule has 0 saturated heterocycles. The van der Waals surface area contributed by atoms with Crippen LogP contribution in [0.1, 0.15) is 50.0 Å². The summed E-state index contributed by atoms with van der Waals surface area (Å²) in [6.07, 6.45) is 5.08. The monoisotopic (exact) mass is 328 g/mol. The summed E-state index contributed by atoms with van der Waals surface area (Å²) in [5.74, 6) is 2.99. The van der Waals surface area contributed by atoms with Crippen LogP contribution in [0.4, 0.5) is 5.88 Å². The van der Waals surface area contributed by atoms with Gasteiger partial charge in [0.2, 0.25) is 0 Å². The highest BCUT2D eigenvalue weighted by molar-refractivity contribution is 5.36. The molecule has 130 valence electrons.